The molecule has 0 bridgehead atoms. The Morgan fingerprint density at radius 3 is 2.52 bits per heavy atom. The SMILES string of the molecule is CCOc1ccc2nc(N3C(=O)C(=O)/C(=C(/O)c4ccc(OCc5ccccc5)c(C)c4)C3c3ccccn3)sc2c1. The Kier molecular flexibility index (Phi) is 7.41. The largest absolute Gasteiger partial charge is 0.507 e. The second-order valence-electron chi connectivity index (χ2n) is 9.74. The van der Waals surface area contributed by atoms with Crippen molar-refractivity contribution in [3.63, 3.8) is 0 Å². The van der Waals surface area contributed by atoms with Crippen molar-refractivity contribution in [2.45, 2.75) is 26.5 Å². The van der Waals surface area contributed by atoms with E-state index in [1.54, 1.807) is 42.6 Å². The molecule has 0 spiro atoms. The van der Waals surface area contributed by atoms with Gasteiger partial charge < -0.3 is 14.6 Å². The minimum Gasteiger partial charge on any atom is -0.507 e. The number of aliphatic hydroxyl groups is 1. The summed E-state index contributed by atoms with van der Waals surface area (Å²) in [4.78, 5) is 37.5. The Hall–Kier alpha value is -5.02. The predicted molar refractivity (Wildman–Crippen MR) is 162 cm³/mol. The van der Waals surface area contributed by atoms with Crippen molar-refractivity contribution in [3.05, 3.63) is 119 Å². The number of aliphatic hydroxyl groups excluding tert-OH is 1. The second kappa shape index (κ2) is 11.5. The van der Waals surface area contributed by atoms with E-state index in [2.05, 4.69) is 9.97 Å². The van der Waals surface area contributed by atoms with Gasteiger partial charge in [-0.25, -0.2) is 4.98 Å². The number of amides is 1. The third kappa shape index (κ3) is 5.10. The van der Waals surface area contributed by atoms with Crippen LogP contribution >= 0.6 is 11.3 Å². The van der Waals surface area contributed by atoms with E-state index in [4.69, 9.17) is 9.47 Å². The molecule has 1 saturated heterocycles. The molecule has 6 rings (SSSR count). The summed E-state index contributed by atoms with van der Waals surface area (Å²) in [6, 6.07) is 24.8. The Morgan fingerprint density at radius 2 is 1.79 bits per heavy atom. The number of pyridine rings is 1. The van der Waals surface area contributed by atoms with Gasteiger partial charge in [0.05, 0.1) is 28.1 Å². The van der Waals surface area contributed by atoms with Crippen molar-refractivity contribution in [2.24, 2.45) is 0 Å². The molecule has 1 atom stereocenters. The predicted octanol–water partition coefficient (Wildman–Crippen LogP) is 6.60. The van der Waals surface area contributed by atoms with E-state index >= 15 is 0 Å². The number of fused-ring (bicyclic) bond motifs is 1. The molecule has 5 aromatic rings. The van der Waals surface area contributed by atoms with Gasteiger partial charge >= 0.3 is 5.91 Å². The van der Waals surface area contributed by atoms with Crippen LogP contribution in [0.4, 0.5) is 5.13 Å². The molecule has 1 aliphatic rings. The van der Waals surface area contributed by atoms with Gasteiger partial charge in [-0.2, -0.15) is 0 Å². The number of ether oxygens (including phenoxy) is 2. The van der Waals surface area contributed by atoms with Crippen LogP contribution in [0.3, 0.4) is 0 Å². The molecule has 8 nitrogen and oxygen atoms in total. The molecular weight excluding hydrogens is 550 g/mol. The smallest absolute Gasteiger partial charge is 0.301 e. The zero-order valence-corrected chi connectivity index (χ0v) is 23.8. The van der Waals surface area contributed by atoms with Gasteiger partial charge in [-0.15, -0.1) is 0 Å². The summed E-state index contributed by atoms with van der Waals surface area (Å²) in [5.41, 5.74) is 3.25. The maximum atomic E-state index is 13.5. The molecular formula is C33H27N3O5S. The Bertz CT molecular complexity index is 1820. The van der Waals surface area contributed by atoms with Gasteiger partial charge in [0.1, 0.15) is 29.9 Å². The first-order valence-corrected chi connectivity index (χ1v) is 14.3. The molecule has 0 saturated carbocycles. The quantitative estimate of drug-likeness (QED) is 0.126. The number of thiazole rings is 1. The molecule has 0 aliphatic carbocycles. The summed E-state index contributed by atoms with van der Waals surface area (Å²) in [6.45, 7) is 4.68. The van der Waals surface area contributed by atoms with Gasteiger partial charge in [0.25, 0.3) is 5.78 Å². The number of carbonyl (C=O) groups is 2. The fourth-order valence-corrected chi connectivity index (χ4v) is 5.97. The van der Waals surface area contributed by atoms with E-state index < -0.39 is 17.7 Å². The molecule has 1 N–H and O–H groups in total. The van der Waals surface area contributed by atoms with Crippen LogP contribution in [0.2, 0.25) is 0 Å². The number of ketones is 1. The van der Waals surface area contributed by atoms with Crippen LogP contribution in [0.25, 0.3) is 16.0 Å². The van der Waals surface area contributed by atoms with Crippen LogP contribution in [0.5, 0.6) is 11.5 Å². The first kappa shape index (κ1) is 27.2. The van der Waals surface area contributed by atoms with Crippen molar-refractivity contribution in [1.82, 2.24) is 9.97 Å². The van der Waals surface area contributed by atoms with Crippen LogP contribution in [0.1, 0.15) is 35.3 Å². The van der Waals surface area contributed by atoms with Crippen molar-refractivity contribution in [3.8, 4) is 11.5 Å². The normalized spacial score (nSPS) is 16.2. The number of carbonyl (C=O) groups excluding carboxylic acids is 2. The van der Waals surface area contributed by atoms with Gasteiger partial charge in [-0.3, -0.25) is 19.5 Å². The highest BCUT2D eigenvalue weighted by Gasteiger charge is 2.48. The molecule has 3 heterocycles. The number of anilines is 1. The highest BCUT2D eigenvalue weighted by Crippen LogP contribution is 2.44. The summed E-state index contributed by atoms with van der Waals surface area (Å²) < 4.78 is 12.4. The number of benzene rings is 3. The maximum Gasteiger partial charge on any atom is 0.301 e. The molecule has 2 aromatic heterocycles. The number of rotatable bonds is 8. The standard InChI is InChI=1S/C33H27N3O5S/c1-3-40-23-13-14-24-27(18-23)42-33(35-24)36-29(25-11-7-8-16-34-25)28(31(38)32(36)39)30(37)22-12-15-26(20(2)17-22)41-19-21-9-5-4-6-10-21/h4-18,29,37H,3,19H2,1-2H3/b30-28+. The molecule has 1 fully saturated rings. The van der Waals surface area contributed by atoms with E-state index in [1.807, 2.05) is 62.4 Å². The van der Waals surface area contributed by atoms with Crippen molar-refractivity contribution in [1.29, 1.82) is 0 Å². The van der Waals surface area contributed by atoms with Crippen molar-refractivity contribution < 1.29 is 24.2 Å². The summed E-state index contributed by atoms with van der Waals surface area (Å²) >= 11 is 1.27. The monoisotopic (exact) mass is 577 g/mol. The number of hydrogen-bond acceptors (Lipinski definition) is 8. The van der Waals surface area contributed by atoms with Gasteiger partial charge in [-0.1, -0.05) is 47.7 Å². The fraction of sp³-hybridized carbons (Fsp3) is 0.152. The average molecular weight is 578 g/mol. The van der Waals surface area contributed by atoms with E-state index in [9.17, 15) is 14.7 Å². The molecule has 42 heavy (non-hydrogen) atoms. The van der Waals surface area contributed by atoms with Gasteiger partial charge in [0.15, 0.2) is 5.13 Å². The van der Waals surface area contributed by atoms with E-state index in [0.717, 1.165) is 15.8 Å². The Morgan fingerprint density at radius 1 is 0.976 bits per heavy atom. The zero-order chi connectivity index (χ0) is 29.2. The second-order valence-corrected chi connectivity index (χ2v) is 10.7. The van der Waals surface area contributed by atoms with Gasteiger partial charge in [0, 0.05) is 11.8 Å². The summed E-state index contributed by atoms with van der Waals surface area (Å²) in [5.74, 6) is -0.535. The minimum absolute atomic E-state index is 0.0506. The molecule has 1 amide bonds. The molecule has 210 valence electrons. The molecule has 1 aliphatic heterocycles. The maximum absolute atomic E-state index is 13.5. The van der Waals surface area contributed by atoms with Crippen molar-refractivity contribution in [2.75, 3.05) is 11.5 Å². The molecule has 3 aromatic carbocycles. The van der Waals surface area contributed by atoms with Crippen LogP contribution < -0.4 is 14.4 Å². The van der Waals surface area contributed by atoms with Crippen LogP contribution in [-0.2, 0) is 16.2 Å². The number of nitrogens with zero attached hydrogens (tertiary/aromatic N) is 3. The van der Waals surface area contributed by atoms with Gasteiger partial charge in [-0.05, 0) is 73.5 Å². The van der Waals surface area contributed by atoms with Crippen LogP contribution in [-0.4, -0.2) is 33.4 Å². The third-order valence-corrected chi connectivity index (χ3v) is 7.98. The van der Waals surface area contributed by atoms with Crippen LogP contribution in [0, 0.1) is 6.92 Å². The number of aryl methyl sites for hydroxylation is 1. The Balaban J connectivity index is 1.40. The van der Waals surface area contributed by atoms with Crippen LogP contribution in [0.15, 0.2) is 96.7 Å². The first-order valence-electron chi connectivity index (χ1n) is 13.5. The van der Waals surface area contributed by atoms with E-state index in [-0.39, 0.29) is 11.3 Å². The lowest BCUT2D eigenvalue weighted by atomic mass is 9.97. The fourth-order valence-electron chi connectivity index (χ4n) is 4.95. The lowest BCUT2D eigenvalue weighted by molar-refractivity contribution is -0.132. The van der Waals surface area contributed by atoms with Crippen molar-refractivity contribution >= 4 is 44.1 Å². The highest BCUT2D eigenvalue weighted by molar-refractivity contribution is 7.22. The van der Waals surface area contributed by atoms with E-state index in [1.165, 1.54) is 16.2 Å². The number of hydrogen-bond donors (Lipinski definition) is 1. The number of Topliss-reactive ketones (excluding diaryl/α,β-unsaturated/α-hetero) is 1. The summed E-state index contributed by atoms with van der Waals surface area (Å²) in [6.07, 6.45) is 1.59. The highest BCUT2D eigenvalue weighted by atomic mass is 32.1. The molecule has 1 unspecified atom stereocenters. The molecule has 0 radical (unpaired) electrons. The van der Waals surface area contributed by atoms with Gasteiger partial charge in [0.2, 0.25) is 0 Å². The molecule has 9 heteroatoms. The first-order chi connectivity index (χ1) is 20.4. The lowest BCUT2D eigenvalue weighted by Crippen LogP contribution is -2.29. The third-order valence-electron chi connectivity index (χ3n) is 6.96. The number of aromatic nitrogens is 2. The lowest BCUT2D eigenvalue weighted by Gasteiger charge is -2.22. The topological polar surface area (TPSA) is 102 Å². The summed E-state index contributed by atoms with van der Waals surface area (Å²) in [7, 11) is 0. The van der Waals surface area contributed by atoms with E-state index in [0.29, 0.717) is 46.6 Å². The summed E-state index contributed by atoms with van der Waals surface area (Å²) in [5, 5.41) is 11.9. The minimum atomic E-state index is -0.965. The average Bonchev–Trinajstić information content (AvgIpc) is 3.54. The Labute approximate surface area is 246 Å². The zero-order valence-electron chi connectivity index (χ0n) is 23.0.